The second-order valence-corrected chi connectivity index (χ2v) is 3.69. The maximum absolute atomic E-state index is 11.1. The van der Waals surface area contributed by atoms with Crippen molar-refractivity contribution in [3.8, 4) is 0 Å². The summed E-state index contributed by atoms with van der Waals surface area (Å²) in [5, 5.41) is 3.12. The van der Waals surface area contributed by atoms with Crippen LogP contribution in [0.1, 0.15) is 5.56 Å². The molecule has 0 radical (unpaired) electrons. The number of amides is 1. The number of aromatic nitrogens is 1. The molecule has 1 amide bonds. The highest BCUT2D eigenvalue weighted by Crippen LogP contribution is 2.17. The van der Waals surface area contributed by atoms with Crippen LogP contribution >= 0.6 is 0 Å². The van der Waals surface area contributed by atoms with Crippen LogP contribution in [0, 0.1) is 0 Å². The summed E-state index contributed by atoms with van der Waals surface area (Å²) >= 11 is 0. The second-order valence-electron chi connectivity index (χ2n) is 3.69. The number of carbonyl (C=O) groups excluding carboxylic acids is 1. The molecular formula is C14H13N3O. The fourth-order valence-electron chi connectivity index (χ4n) is 1.54. The molecule has 0 aliphatic heterocycles. The van der Waals surface area contributed by atoms with Crippen LogP contribution in [0.5, 0.6) is 0 Å². The Morgan fingerprint density at radius 2 is 1.94 bits per heavy atom. The van der Waals surface area contributed by atoms with Gasteiger partial charge < -0.3 is 11.1 Å². The van der Waals surface area contributed by atoms with Crippen molar-refractivity contribution in [3.05, 3.63) is 66.5 Å². The topological polar surface area (TPSA) is 68.0 Å². The van der Waals surface area contributed by atoms with E-state index in [0.717, 1.165) is 11.3 Å². The highest BCUT2D eigenvalue weighted by Gasteiger charge is 2.03. The van der Waals surface area contributed by atoms with Crippen LogP contribution < -0.4 is 11.1 Å². The number of nitrogens with one attached hydrogen (secondary N) is 1. The fourth-order valence-corrected chi connectivity index (χ4v) is 1.54. The van der Waals surface area contributed by atoms with Gasteiger partial charge in [-0.15, -0.1) is 0 Å². The largest absolute Gasteiger partial charge is 0.366 e. The van der Waals surface area contributed by atoms with Crippen LogP contribution in [0.4, 0.5) is 5.69 Å². The van der Waals surface area contributed by atoms with Crippen molar-refractivity contribution in [2.75, 3.05) is 5.32 Å². The Bertz CT molecular complexity index is 550. The predicted molar refractivity (Wildman–Crippen MR) is 71.5 cm³/mol. The highest BCUT2D eigenvalue weighted by molar-refractivity contribution is 5.96. The van der Waals surface area contributed by atoms with E-state index >= 15 is 0 Å². The monoisotopic (exact) mass is 239 g/mol. The number of benzene rings is 1. The molecule has 0 spiro atoms. The average Bonchev–Trinajstić information content (AvgIpc) is 2.40. The van der Waals surface area contributed by atoms with Gasteiger partial charge >= 0.3 is 0 Å². The van der Waals surface area contributed by atoms with E-state index in [9.17, 15) is 4.79 Å². The number of rotatable bonds is 4. The Morgan fingerprint density at radius 1 is 1.17 bits per heavy atom. The Hall–Kier alpha value is -2.62. The summed E-state index contributed by atoms with van der Waals surface area (Å²) in [5.74, 6) is -0.495. The molecule has 0 atom stereocenters. The third-order valence-corrected chi connectivity index (χ3v) is 2.31. The average molecular weight is 239 g/mol. The number of nitrogens with zero attached hydrogens (tertiary/aromatic N) is 1. The van der Waals surface area contributed by atoms with Gasteiger partial charge in [-0.25, -0.2) is 0 Å². The Morgan fingerprint density at radius 3 is 2.56 bits per heavy atom. The first kappa shape index (κ1) is 11.9. The minimum Gasteiger partial charge on any atom is -0.366 e. The summed E-state index contributed by atoms with van der Waals surface area (Å²) < 4.78 is 0. The maximum atomic E-state index is 11.1. The first-order valence-corrected chi connectivity index (χ1v) is 5.49. The first-order chi connectivity index (χ1) is 8.75. The van der Waals surface area contributed by atoms with Crippen LogP contribution in [0.2, 0.25) is 0 Å². The van der Waals surface area contributed by atoms with E-state index in [1.807, 2.05) is 42.5 Å². The third-order valence-electron chi connectivity index (χ3n) is 2.31. The Balaban J connectivity index is 2.31. The van der Waals surface area contributed by atoms with Gasteiger partial charge in [-0.2, -0.15) is 0 Å². The van der Waals surface area contributed by atoms with Gasteiger partial charge in [0.25, 0.3) is 0 Å². The molecule has 0 saturated heterocycles. The molecule has 2 rings (SSSR count). The molecule has 4 heteroatoms. The van der Waals surface area contributed by atoms with Gasteiger partial charge in [-0.05, 0) is 17.7 Å². The molecule has 0 bridgehead atoms. The predicted octanol–water partition coefficient (Wildman–Crippen LogP) is 2.02. The van der Waals surface area contributed by atoms with Crippen LogP contribution in [-0.4, -0.2) is 10.9 Å². The number of hydrogen-bond donors (Lipinski definition) is 2. The fraction of sp³-hybridized carbons (Fsp3) is 0. The summed E-state index contributed by atoms with van der Waals surface area (Å²) in [5.41, 5.74) is 7.55. The number of anilines is 1. The van der Waals surface area contributed by atoms with Gasteiger partial charge in [-0.1, -0.05) is 30.3 Å². The van der Waals surface area contributed by atoms with Crippen LogP contribution in [0.15, 0.2) is 60.9 Å². The Kier molecular flexibility index (Phi) is 3.71. The summed E-state index contributed by atoms with van der Waals surface area (Å²) in [6.45, 7) is 0. The van der Waals surface area contributed by atoms with Crippen LogP contribution in [-0.2, 0) is 4.79 Å². The summed E-state index contributed by atoms with van der Waals surface area (Å²) in [7, 11) is 0. The molecule has 3 N–H and O–H groups in total. The zero-order chi connectivity index (χ0) is 12.8. The lowest BCUT2D eigenvalue weighted by Gasteiger charge is -2.10. The van der Waals surface area contributed by atoms with E-state index in [0.29, 0.717) is 5.70 Å². The molecule has 90 valence electrons. The van der Waals surface area contributed by atoms with Gasteiger partial charge in [0.15, 0.2) is 0 Å². The number of carbonyl (C=O) groups is 1. The smallest absolute Gasteiger partial charge is 0.243 e. The van der Waals surface area contributed by atoms with Crippen molar-refractivity contribution in [3.63, 3.8) is 0 Å². The van der Waals surface area contributed by atoms with Gasteiger partial charge in [0.2, 0.25) is 5.91 Å². The van der Waals surface area contributed by atoms with Crippen molar-refractivity contribution in [2.24, 2.45) is 5.73 Å². The van der Waals surface area contributed by atoms with Crippen molar-refractivity contribution in [1.29, 1.82) is 0 Å². The quantitative estimate of drug-likeness (QED) is 0.802. The van der Waals surface area contributed by atoms with Crippen LogP contribution in [0.25, 0.3) is 5.70 Å². The minimum absolute atomic E-state index is 0.495. The SMILES string of the molecule is NC(=O)/C=C(/Nc1cccnc1)c1ccccc1. The lowest BCUT2D eigenvalue weighted by molar-refractivity contribution is -0.113. The van der Waals surface area contributed by atoms with Gasteiger partial charge in [0.1, 0.15) is 0 Å². The molecule has 18 heavy (non-hydrogen) atoms. The maximum Gasteiger partial charge on any atom is 0.243 e. The second kappa shape index (κ2) is 5.63. The molecule has 2 aromatic rings. The number of hydrogen-bond acceptors (Lipinski definition) is 3. The van der Waals surface area contributed by atoms with Crippen molar-refractivity contribution >= 4 is 17.3 Å². The van der Waals surface area contributed by atoms with Crippen molar-refractivity contribution < 1.29 is 4.79 Å². The lowest BCUT2D eigenvalue weighted by atomic mass is 10.1. The summed E-state index contributed by atoms with van der Waals surface area (Å²) in [6.07, 6.45) is 4.73. The summed E-state index contributed by atoms with van der Waals surface area (Å²) in [4.78, 5) is 15.1. The van der Waals surface area contributed by atoms with Gasteiger partial charge in [0.05, 0.1) is 17.6 Å². The van der Waals surface area contributed by atoms with Crippen molar-refractivity contribution in [1.82, 2.24) is 4.98 Å². The molecule has 1 aromatic carbocycles. The molecule has 0 aliphatic rings. The van der Waals surface area contributed by atoms with Crippen LogP contribution in [0.3, 0.4) is 0 Å². The van der Waals surface area contributed by atoms with E-state index in [1.165, 1.54) is 6.08 Å². The molecule has 0 saturated carbocycles. The molecule has 4 nitrogen and oxygen atoms in total. The summed E-state index contributed by atoms with van der Waals surface area (Å²) in [6, 6.07) is 13.2. The molecule has 0 fully saturated rings. The number of nitrogens with two attached hydrogens (primary N) is 1. The molecule has 1 heterocycles. The highest BCUT2D eigenvalue weighted by atomic mass is 16.1. The zero-order valence-corrected chi connectivity index (χ0v) is 9.71. The van der Waals surface area contributed by atoms with Gasteiger partial charge in [0, 0.05) is 12.3 Å². The molecular weight excluding hydrogens is 226 g/mol. The van der Waals surface area contributed by atoms with E-state index in [1.54, 1.807) is 12.4 Å². The molecule has 0 aliphatic carbocycles. The van der Waals surface area contributed by atoms with E-state index in [2.05, 4.69) is 10.3 Å². The first-order valence-electron chi connectivity index (χ1n) is 5.49. The lowest BCUT2D eigenvalue weighted by Crippen LogP contribution is -2.10. The number of pyridine rings is 1. The number of primary amides is 1. The van der Waals surface area contributed by atoms with E-state index in [4.69, 9.17) is 5.73 Å². The minimum atomic E-state index is -0.495. The molecule has 0 unspecified atom stereocenters. The molecule has 1 aromatic heterocycles. The standard InChI is InChI=1S/C14H13N3O/c15-14(18)9-13(11-5-2-1-3-6-11)17-12-7-4-8-16-10-12/h1-10,17H,(H2,15,18)/b13-9+. The van der Waals surface area contributed by atoms with E-state index in [-0.39, 0.29) is 0 Å². The normalized spacial score (nSPS) is 11.0. The van der Waals surface area contributed by atoms with E-state index < -0.39 is 5.91 Å². The third kappa shape index (κ3) is 3.18. The van der Waals surface area contributed by atoms with Crippen molar-refractivity contribution in [2.45, 2.75) is 0 Å². The Labute approximate surface area is 105 Å². The van der Waals surface area contributed by atoms with Gasteiger partial charge in [-0.3, -0.25) is 9.78 Å². The zero-order valence-electron chi connectivity index (χ0n) is 9.71.